The zero-order chi connectivity index (χ0) is 61.9. The zero-order valence-corrected chi connectivity index (χ0v) is 49.6. The molecule has 85 heavy (non-hydrogen) atoms. The van der Waals surface area contributed by atoms with E-state index in [1.807, 2.05) is 13.8 Å². The van der Waals surface area contributed by atoms with Gasteiger partial charge in [0.25, 0.3) is 0 Å². The molecule has 0 bridgehead atoms. The molecular weight excluding hydrogens is 1120 g/mol. The van der Waals surface area contributed by atoms with E-state index in [0.29, 0.717) is 38.5 Å². The summed E-state index contributed by atoms with van der Waals surface area (Å²) in [5, 5.41) is 163. The summed E-state index contributed by atoms with van der Waals surface area (Å²) in [5.41, 5.74) is -1.80. The van der Waals surface area contributed by atoms with Crippen molar-refractivity contribution in [2.45, 2.75) is 266 Å². The number of esters is 1. The van der Waals surface area contributed by atoms with Crippen LogP contribution in [0.4, 0.5) is 0 Å². The smallest absolute Gasteiger partial charge is 0.314 e. The predicted octanol–water partition coefficient (Wildman–Crippen LogP) is -2.69. The largest absolute Gasteiger partial charge is 0.432 e. The number of rotatable bonds is 14. The molecule has 5 saturated carbocycles. The van der Waals surface area contributed by atoms with Crippen LogP contribution in [-0.2, 0) is 52.2 Å². The minimum Gasteiger partial charge on any atom is -0.432 e. The van der Waals surface area contributed by atoms with Gasteiger partial charge in [-0.3, -0.25) is 4.79 Å². The van der Waals surface area contributed by atoms with E-state index >= 15 is 4.79 Å². The molecule has 5 saturated heterocycles. The highest BCUT2D eigenvalue weighted by atomic mass is 16.8. The van der Waals surface area contributed by atoms with E-state index < -0.39 is 184 Å². The van der Waals surface area contributed by atoms with E-state index in [2.05, 4.69) is 27.4 Å². The number of ether oxygens (including phenoxy) is 10. The summed E-state index contributed by atoms with van der Waals surface area (Å²) in [6, 6.07) is 0. The van der Waals surface area contributed by atoms with Gasteiger partial charge in [-0.05, 0) is 131 Å². The highest BCUT2D eigenvalue weighted by Gasteiger charge is 2.73. The molecular formula is C59H96O26. The van der Waals surface area contributed by atoms with Crippen molar-refractivity contribution in [2.75, 3.05) is 26.4 Å². The standard InChI is InChI=1S/C59H96O26/c1-23(2)26-11-16-59(54(75)85-52-45(73)41(69)38(66)30(81-52)21-77-49-46(74)42(70)47(29(19-60)80-49)83-50-43(71)39(67)35(63)24(3)78-50)18-17-57(7)27(34(26)59)9-10-32-55(5)14-13-33(56(6,22-61)31(55)12-15-58(32,57)8)82-53-48(37(65)28(62)20-76-53)84-51-44(72)40(68)36(64)25(4)79-51/h24-53,60-74H,1,9-22H2,2-8H3/t24-,25-,26-,27+,28-,29+,30+,31+,32+,33-,34-,35-,36-,37-,38+,39+,40+,41-,42+,43+,44?,45+,46+,47+,48+,49+,50-,51-,52-,53-,55-,56-,57+,58+,59-/m0/s1. The van der Waals surface area contributed by atoms with Crippen molar-refractivity contribution in [3.05, 3.63) is 12.2 Å². The van der Waals surface area contributed by atoms with Gasteiger partial charge >= 0.3 is 5.97 Å². The van der Waals surface area contributed by atoms with E-state index in [-0.39, 0.29) is 59.0 Å². The van der Waals surface area contributed by atoms with Crippen molar-refractivity contribution in [3.63, 3.8) is 0 Å². The van der Waals surface area contributed by atoms with Gasteiger partial charge in [-0.15, -0.1) is 0 Å². The fourth-order valence-corrected chi connectivity index (χ4v) is 18.4. The first kappa shape index (κ1) is 66.2. The van der Waals surface area contributed by atoms with E-state index in [4.69, 9.17) is 47.4 Å². The second-order valence-corrected chi connectivity index (χ2v) is 28.0. The van der Waals surface area contributed by atoms with Gasteiger partial charge in [0.15, 0.2) is 25.2 Å². The van der Waals surface area contributed by atoms with Gasteiger partial charge in [-0.1, -0.05) is 39.8 Å². The maximum atomic E-state index is 15.2. The normalized spacial score (nSPS) is 56.3. The van der Waals surface area contributed by atoms with Gasteiger partial charge in [-0.25, -0.2) is 0 Å². The minimum absolute atomic E-state index is 0.0172. The molecule has 0 aromatic heterocycles. The summed E-state index contributed by atoms with van der Waals surface area (Å²) in [7, 11) is 0. The molecule has 10 rings (SSSR count). The number of hydrogen-bond acceptors (Lipinski definition) is 26. The van der Waals surface area contributed by atoms with Crippen LogP contribution in [0.2, 0.25) is 0 Å². The molecule has 1 unspecified atom stereocenters. The lowest BCUT2D eigenvalue weighted by molar-refractivity contribution is -0.366. The van der Waals surface area contributed by atoms with E-state index in [9.17, 15) is 76.6 Å². The summed E-state index contributed by atoms with van der Waals surface area (Å²) < 4.78 is 59.5. The molecule has 15 N–H and O–H groups in total. The molecule has 26 nitrogen and oxygen atoms in total. The Balaban J connectivity index is 0.820. The Kier molecular flexibility index (Phi) is 19.2. The molecule has 5 aliphatic carbocycles. The van der Waals surface area contributed by atoms with Crippen LogP contribution in [0.25, 0.3) is 0 Å². The topological polar surface area (TPSA) is 413 Å². The second kappa shape index (κ2) is 24.7. The SMILES string of the molecule is C=C(C)[C@@H]1CC[C@]2(C(=O)O[C@@H]3O[C@H](CO[C@@H]4O[C@H](CO)[C@@H](O[C@@H]5O[C@@H](C)[C@H](O)[C@@H](O)[C@H]5O)[C@H](O)[C@H]4O)[C@@H](O)[C@H](O)[C@H]3O)CC[C@]3(C)[C@H](CC[C@@H]4[C@@]5(C)CC[C@H](O[C@@H]6OC[C@H](O)[C@H](O)[C@H]6O[C@@H]6O[C@@H](C)[C@H](O)[C@@H](O)C6O)[C@@](C)(CO)[C@@H]5CC[C@]43C)[C@H]12. The van der Waals surface area contributed by atoms with Gasteiger partial charge in [-0.2, -0.15) is 0 Å². The van der Waals surface area contributed by atoms with Gasteiger partial charge in [0.2, 0.25) is 6.29 Å². The van der Waals surface area contributed by atoms with Crippen molar-refractivity contribution in [3.8, 4) is 0 Å². The Labute approximate surface area is 494 Å². The van der Waals surface area contributed by atoms with Crippen LogP contribution >= 0.6 is 0 Å². The number of aliphatic hydroxyl groups excluding tert-OH is 15. The van der Waals surface area contributed by atoms with Crippen molar-refractivity contribution in [2.24, 2.45) is 56.7 Å². The van der Waals surface area contributed by atoms with Crippen LogP contribution in [0.5, 0.6) is 0 Å². The monoisotopic (exact) mass is 1220 g/mol. The molecule has 35 atom stereocenters. The van der Waals surface area contributed by atoms with Crippen LogP contribution in [0.3, 0.4) is 0 Å². The molecule has 5 heterocycles. The zero-order valence-electron chi connectivity index (χ0n) is 49.6. The van der Waals surface area contributed by atoms with Crippen molar-refractivity contribution < 1.29 is 129 Å². The van der Waals surface area contributed by atoms with Crippen molar-refractivity contribution in [1.82, 2.24) is 0 Å². The molecule has 26 heteroatoms. The third-order valence-electron chi connectivity index (χ3n) is 23.6. The quantitative estimate of drug-likeness (QED) is 0.0478. The Bertz CT molecular complexity index is 2340. The third-order valence-corrected chi connectivity index (χ3v) is 23.6. The Hall–Kier alpha value is -1.75. The van der Waals surface area contributed by atoms with Crippen LogP contribution in [0, 0.1) is 56.7 Å². The molecule has 10 aliphatic rings. The maximum absolute atomic E-state index is 15.2. The maximum Gasteiger partial charge on any atom is 0.314 e. The van der Waals surface area contributed by atoms with Crippen LogP contribution < -0.4 is 0 Å². The fourth-order valence-electron chi connectivity index (χ4n) is 18.4. The first-order valence-corrected chi connectivity index (χ1v) is 30.7. The molecule has 5 aliphatic heterocycles. The number of fused-ring (bicyclic) bond motifs is 7. The molecule has 0 spiro atoms. The van der Waals surface area contributed by atoms with E-state index in [1.54, 1.807) is 0 Å². The van der Waals surface area contributed by atoms with E-state index in [0.717, 1.165) is 31.3 Å². The summed E-state index contributed by atoms with van der Waals surface area (Å²) in [5.74, 6) is -0.760. The number of hydrogen-bond donors (Lipinski definition) is 15. The number of allylic oxidation sites excluding steroid dienone is 1. The van der Waals surface area contributed by atoms with Gasteiger partial charge < -0.3 is 124 Å². The fraction of sp³-hybridized carbons (Fsp3) is 0.949. The molecule has 0 amide bonds. The predicted molar refractivity (Wildman–Crippen MR) is 288 cm³/mol. The molecule has 488 valence electrons. The minimum atomic E-state index is -1.90. The molecule has 0 aromatic carbocycles. The number of carbonyl (C=O) groups excluding carboxylic acids is 1. The number of aliphatic hydroxyl groups is 15. The molecule has 10 fully saturated rings. The second-order valence-electron chi connectivity index (χ2n) is 28.0. The summed E-state index contributed by atoms with van der Waals surface area (Å²) in [4.78, 5) is 15.2. The van der Waals surface area contributed by atoms with Crippen molar-refractivity contribution in [1.29, 1.82) is 0 Å². The lowest BCUT2D eigenvalue weighted by Gasteiger charge is -2.73. The average molecular weight is 1220 g/mol. The Morgan fingerprint density at radius 2 is 1.13 bits per heavy atom. The third kappa shape index (κ3) is 10.9. The Morgan fingerprint density at radius 1 is 0.541 bits per heavy atom. The first-order valence-electron chi connectivity index (χ1n) is 30.7. The van der Waals surface area contributed by atoms with Gasteiger partial charge in [0.05, 0.1) is 50.2 Å². The van der Waals surface area contributed by atoms with Gasteiger partial charge in [0.1, 0.15) is 104 Å². The van der Waals surface area contributed by atoms with Gasteiger partial charge in [0, 0.05) is 5.41 Å². The first-order chi connectivity index (χ1) is 39.9. The number of carbonyl (C=O) groups is 1. The molecule has 0 aromatic rings. The Morgan fingerprint density at radius 3 is 1.74 bits per heavy atom. The average Bonchev–Trinajstić information content (AvgIpc) is 1.62. The highest BCUT2D eigenvalue weighted by Crippen LogP contribution is 2.78. The van der Waals surface area contributed by atoms with Crippen LogP contribution in [0.1, 0.15) is 113 Å². The lowest BCUT2D eigenvalue weighted by atomic mass is 9.32. The summed E-state index contributed by atoms with van der Waals surface area (Å²) >= 11 is 0. The summed E-state index contributed by atoms with van der Waals surface area (Å²) in [6.45, 7) is 16.5. The highest BCUT2D eigenvalue weighted by molar-refractivity contribution is 5.78. The van der Waals surface area contributed by atoms with Crippen LogP contribution in [0.15, 0.2) is 12.2 Å². The van der Waals surface area contributed by atoms with Crippen LogP contribution in [-0.4, -0.2) is 263 Å². The lowest BCUT2D eigenvalue weighted by Crippen LogP contribution is -2.68. The van der Waals surface area contributed by atoms with Crippen molar-refractivity contribution >= 4 is 5.97 Å². The summed E-state index contributed by atoms with van der Waals surface area (Å²) in [6.07, 6.45) is -31.6. The van der Waals surface area contributed by atoms with E-state index in [1.165, 1.54) is 13.8 Å². The molecule has 0 radical (unpaired) electrons.